The first-order valence-electron chi connectivity index (χ1n) is 6.89. The van der Waals surface area contributed by atoms with Crippen LogP contribution in [0.2, 0.25) is 0 Å². The van der Waals surface area contributed by atoms with Gasteiger partial charge in [-0.05, 0) is 18.8 Å². The second kappa shape index (κ2) is 6.17. The zero-order chi connectivity index (χ0) is 14.8. The Morgan fingerprint density at radius 2 is 1.75 bits per heavy atom. The third-order valence-electron chi connectivity index (χ3n) is 3.99. The number of oxime groups is 1. The first-order chi connectivity index (χ1) is 9.40. The zero-order valence-corrected chi connectivity index (χ0v) is 11.3. The largest absolute Gasteiger partial charge is 0.409 e. The Morgan fingerprint density at radius 3 is 2.20 bits per heavy atom. The van der Waals surface area contributed by atoms with Crippen molar-refractivity contribution in [1.29, 1.82) is 0 Å². The second-order valence-electron chi connectivity index (χ2n) is 5.66. The van der Waals surface area contributed by atoms with Crippen molar-refractivity contribution in [1.82, 2.24) is 9.80 Å². The van der Waals surface area contributed by atoms with Crippen LogP contribution >= 0.6 is 0 Å². The molecule has 2 aliphatic rings. The molecule has 3 N–H and O–H groups in total. The van der Waals surface area contributed by atoms with Crippen molar-refractivity contribution >= 4 is 5.84 Å². The lowest BCUT2D eigenvalue weighted by Crippen LogP contribution is -2.51. The molecule has 5 nitrogen and oxygen atoms in total. The third-order valence-corrected chi connectivity index (χ3v) is 3.99. The SMILES string of the molecule is NC(=NO)C(CN1CCN(CC2CC2)CC1)C(F)(F)F. The standard InChI is InChI=1S/C12H21F3N4O/c13-12(14,15)10(11(16)17-20)8-19-5-3-18(4-6-19)7-9-1-2-9/h9-10,20H,1-8H2,(H2,16,17). The molecule has 0 aromatic rings. The fourth-order valence-electron chi connectivity index (χ4n) is 2.51. The summed E-state index contributed by atoms with van der Waals surface area (Å²) in [6.07, 6.45) is -1.93. The van der Waals surface area contributed by atoms with E-state index in [0.29, 0.717) is 13.1 Å². The highest BCUT2D eigenvalue weighted by Gasteiger charge is 2.44. The number of alkyl halides is 3. The minimum absolute atomic E-state index is 0.239. The van der Waals surface area contributed by atoms with Crippen molar-refractivity contribution < 1.29 is 18.4 Å². The van der Waals surface area contributed by atoms with Crippen molar-refractivity contribution in [3.63, 3.8) is 0 Å². The molecular formula is C12H21F3N4O. The van der Waals surface area contributed by atoms with Crippen LogP contribution in [-0.2, 0) is 0 Å². The van der Waals surface area contributed by atoms with Gasteiger partial charge in [-0.25, -0.2) is 0 Å². The van der Waals surface area contributed by atoms with Crippen LogP contribution in [0, 0.1) is 11.8 Å². The summed E-state index contributed by atoms with van der Waals surface area (Å²) < 4.78 is 38.6. The summed E-state index contributed by atoms with van der Waals surface area (Å²) in [6, 6.07) is 0. The van der Waals surface area contributed by atoms with E-state index in [0.717, 1.165) is 25.6 Å². The average Bonchev–Trinajstić information content (AvgIpc) is 3.19. The van der Waals surface area contributed by atoms with Crippen molar-refractivity contribution in [2.45, 2.75) is 19.0 Å². The van der Waals surface area contributed by atoms with Gasteiger partial charge in [-0.3, -0.25) is 4.90 Å². The summed E-state index contributed by atoms with van der Waals surface area (Å²) in [4.78, 5) is 4.04. The number of hydrogen-bond donors (Lipinski definition) is 2. The quantitative estimate of drug-likeness (QED) is 0.343. The molecule has 0 aromatic heterocycles. The number of nitrogens with two attached hydrogens (primary N) is 1. The summed E-state index contributed by atoms with van der Waals surface area (Å²) in [5.41, 5.74) is 5.16. The van der Waals surface area contributed by atoms with E-state index in [1.807, 2.05) is 0 Å². The molecule has 0 spiro atoms. The Kier molecular flexibility index (Phi) is 4.74. The predicted octanol–water partition coefficient (Wildman–Crippen LogP) is 0.939. The summed E-state index contributed by atoms with van der Waals surface area (Å²) in [5, 5.41) is 11.0. The fourth-order valence-corrected chi connectivity index (χ4v) is 2.51. The zero-order valence-electron chi connectivity index (χ0n) is 11.3. The number of nitrogens with zero attached hydrogens (tertiary/aromatic N) is 3. The lowest BCUT2D eigenvalue weighted by Gasteiger charge is -2.36. The third kappa shape index (κ3) is 4.24. The van der Waals surface area contributed by atoms with E-state index in [1.54, 1.807) is 4.90 Å². The van der Waals surface area contributed by atoms with E-state index < -0.39 is 17.9 Å². The highest BCUT2D eigenvalue weighted by molar-refractivity contribution is 5.83. The molecule has 1 saturated heterocycles. The molecule has 0 bridgehead atoms. The van der Waals surface area contributed by atoms with Gasteiger partial charge in [0.05, 0.1) is 0 Å². The van der Waals surface area contributed by atoms with Gasteiger partial charge in [0.1, 0.15) is 5.92 Å². The van der Waals surface area contributed by atoms with Crippen molar-refractivity contribution in [2.75, 3.05) is 39.3 Å². The van der Waals surface area contributed by atoms with Gasteiger partial charge >= 0.3 is 6.18 Å². The predicted molar refractivity (Wildman–Crippen MR) is 68.6 cm³/mol. The molecule has 2 rings (SSSR count). The maximum Gasteiger partial charge on any atom is 0.400 e. The Bertz CT molecular complexity index is 349. The van der Waals surface area contributed by atoms with Gasteiger partial charge in [-0.15, -0.1) is 0 Å². The summed E-state index contributed by atoms with van der Waals surface area (Å²) in [5.74, 6) is -1.87. The van der Waals surface area contributed by atoms with Crippen LogP contribution in [0.5, 0.6) is 0 Å². The molecule has 0 radical (unpaired) electrons. The average molecular weight is 294 g/mol. The topological polar surface area (TPSA) is 65.1 Å². The number of rotatable bonds is 5. The molecule has 20 heavy (non-hydrogen) atoms. The Labute approximate surface area is 116 Å². The van der Waals surface area contributed by atoms with Crippen LogP contribution in [0.15, 0.2) is 5.16 Å². The minimum atomic E-state index is -4.48. The number of amidine groups is 1. The second-order valence-corrected chi connectivity index (χ2v) is 5.66. The van der Waals surface area contributed by atoms with E-state index in [4.69, 9.17) is 10.9 Å². The highest BCUT2D eigenvalue weighted by Crippen LogP contribution is 2.30. The van der Waals surface area contributed by atoms with Crippen LogP contribution in [-0.4, -0.2) is 66.3 Å². The van der Waals surface area contributed by atoms with Gasteiger partial charge < -0.3 is 15.8 Å². The summed E-state index contributed by atoms with van der Waals surface area (Å²) in [7, 11) is 0. The van der Waals surface area contributed by atoms with Crippen molar-refractivity contribution in [2.24, 2.45) is 22.7 Å². The molecule has 1 saturated carbocycles. The van der Waals surface area contributed by atoms with Gasteiger partial charge in [0, 0.05) is 39.3 Å². The first kappa shape index (κ1) is 15.4. The smallest absolute Gasteiger partial charge is 0.400 e. The van der Waals surface area contributed by atoms with Gasteiger partial charge in [0.25, 0.3) is 0 Å². The molecule has 1 aliphatic heterocycles. The van der Waals surface area contributed by atoms with Crippen molar-refractivity contribution in [3.05, 3.63) is 0 Å². The van der Waals surface area contributed by atoms with Crippen molar-refractivity contribution in [3.8, 4) is 0 Å². The molecule has 1 unspecified atom stereocenters. The highest BCUT2D eigenvalue weighted by atomic mass is 19.4. The lowest BCUT2D eigenvalue weighted by molar-refractivity contribution is -0.161. The Balaban J connectivity index is 1.82. The van der Waals surface area contributed by atoms with Crippen LogP contribution in [0.4, 0.5) is 13.2 Å². The van der Waals surface area contributed by atoms with Gasteiger partial charge in [0.2, 0.25) is 0 Å². The maximum atomic E-state index is 12.9. The Hall–Kier alpha value is -1.02. The monoisotopic (exact) mass is 294 g/mol. The molecule has 8 heteroatoms. The van der Waals surface area contributed by atoms with E-state index in [9.17, 15) is 13.2 Å². The normalized spacial score (nSPS) is 24.9. The van der Waals surface area contributed by atoms with Crippen LogP contribution in [0.1, 0.15) is 12.8 Å². The molecule has 0 amide bonds. The number of hydrogen-bond acceptors (Lipinski definition) is 4. The molecule has 1 aliphatic carbocycles. The summed E-state index contributed by atoms with van der Waals surface area (Å²) in [6.45, 7) is 3.60. The lowest BCUT2D eigenvalue weighted by atomic mass is 10.1. The van der Waals surface area contributed by atoms with Crippen LogP contribution in [0.25, 0.3) is 0 Å². The molecule has 1 atom stereocenters. The maximum absolute atomic E-state index is 12.9. The molecule has 116 valence electrons. The molecule has 0 aromatic carbocycles. The van der Waals surface area contributed by atoms with E-state index in [2.05, 4.69) is 10.1 Å². The van der Waals surface area contributed by atoms with Gasteiger partial charge in [-0.1, -0.05) is 5.16 Å². The van der Waals surface area contributed by atoms with Crippen LogP contribution < -0.4 is 5.73 Å². The first-order valence-corrected chi connectivity index (χ1v) is 6.89. The van der Waals surface area contributed by atoms with Gasteiger partial charge in [-0.2, -0.15) is 13.2 Å². The fraction of sp³-hybridized carbons (Fsp3) is 0.917. The molecule has 2 fully saturated rings. The molecular weight excluding hydrogens is 273 g/mol. The van der Waals surface area contributed by atoms with E-state index >= 15 is 0 Å². The minimum Gasteiger partial charge on any atom is -0.409 e. The van der Waals surface area contributed by atoms with Gasteiger partial charge in [0.15, 0.2) is 5.84 Å². The number of halogens is 3. The van der Waals surface area contributed by atoms with Crippen LogP contribution in [0.3, 0.4) is 0 Å². The molecule has 1 heterocycles. The summed E-state index contributed by atoms with van der Waals surface area (Å²) >= 11 is 0. The number of piperazine rings is 1. The van der Waals surface area contributed by atoms with E-state index in [-0.39, 0.29) is 6.54 Å². The van der Waals surface area contributed by atoms with E-state index in [1.165, 1.54) is 12.8 Å². The Morgan fingerprint density at radius 1 is 1.20 bits per heavy atom.